The van der Waals surface area contributed by atoms with E-state index in [0.29, 0.717) is 12.2 Å². The van der Waals surface area contributed by atoms with Crippen LogP contribution in [0.15, 0.2) is 6.08 Å². The number of carbonyl (C=O) groups excluding carboxylic acids is 2. The van der Waals surface area contributed by atoms with Crippen molar-refractivity contribution in [2.24, 2.45) is 5.41 Å². The Hall–Kier alpha value is -2.19. The molecule has 1 aromatic heterocycles. The van der Waals surface area contributed by atoms with E-state index in [4.69, 9.17) is 4.98 Å². The number of amides is 2. The van der Waals surface area contributed by atoms with Gasteiger partial charge in [-0.15, -0.1) is 0 Å². The van der Waals surface area contributed by atoms with E-state index in [-0.39, 0.29) is 11.8 Å². The van der Waals surface area contributed by atoms with Gasteiger partial charge in [0.25, 0.3) is 5.91 Å². The Morgan fingerprint density at radius 1 is 1.13 bits per heavy atom. The van der Waals surface area contributed by atoms with Gasteiger partial charge in [0.05, 0.1) is 5.69 Å². The molecule has 8 nitrogen and oxygen atoms in total. The molecule has 1 aromatic rings. The lowest BCUT2D eigenvalue weighted by molar-refractivity contribution is -0.124. The maximum absolute atomic E-state index is 13.2. The van der Waals surface area contributed by atoms with E-state index in [9.17, 15) is 9.59 Å². The van der Waals surface area contributed by atoms with Gasteiger partial charge >= 0.3 is 0 Å². The van der Waals surface area contributed by atoms with Gasteiger partial charge in [0.1, 0.15) is 11.9 Å². The first-order chi connectivity index (χ1) is 14.7. The Labute approximate surface area is 186 Å². The van der Waals surface area contributed by atoms with E-state index < -0.39 is 11.5 Å². The Morgan fingerprint density at radius 3 is 2.48 bits per heavy atom. The van der Waals surface area contributed by atoms with Crippen LogP contribution in [0.25, 0.3) is 6.08 Å². The van der Waals surface area contributed by atoms with Gasteiger partial charge in [-0.3, -0.25) is 19.4 Å². The van der Waals surface area contributed by atoms with E-state index in [1.54, 1.807) is 7.05 Å². The molecule has 0 radical (unpaired) electrons. The fraction of sp³-hybridized carbons (Fsp3) is 0.696. The molecule has 0 saturated carbocycles. The van der Waals surface area contributed by atoms with Crippen molar-refractivity contribution in [1.29, 1.82) is 0 Å². The molecule has 2 amide bonds. The maximum Gasteiger partial charge on any atom is 0.272 e. The van der Waals surface area contributed by atoms with E-state index >= 15 is 0 Å². The third kappa shape index (κ3) is 5.74. The smallest absolute Gasteiger partial charge is 0.272 e. The van der Waals surface area contributed by atoms with E-state index in [2.05, 4.69) is 31.1 Å². The first kappa shape index (κ1) is 23.5. The third-order valence-electron chi connectivity index (χ3n) is 6.17. The number of likely N-dealkylation sites (tertiary alicyclic amines) is 1. The standard InChI is InChI=1S/C23H38N6O2/c1-23(2,3)20(22(31)24-4)26-21(30)19-17-16-27(5)14-15-29(17)18(25-19)10-9-13-28-11-7-6-8-12-28/h9-10,20H,6-8,11-16H2,1-5H3,(H,24,31)(H,26,30)/b10-9+/t20-/m1/s1. The van der Waals surface area contributed by atoms with Crippen LogP contribution in [-0.4, -0.2) is 77.5 Å². The quantitative estimate of drug-likeness (QED) is 0.718. The molecule has 0 spiro atoms. The molecule has 172 valence electrons. The second kappa shape index (κ2) is 9.96. The number of nitrogens with one attached hydrogen (secondary N) is 2. The normalized spacial score (nSPS) is 19.3. The summed E-state index contributed by atoms with van der Waals surface area (Å²) in [5, 5.41) is 5.59. The number of piperidine rings is 1. The van der Waals surface area contributed by atoms with Crippen molar-refractivity contribution in [3.63, 3.8) is 0 Å². The van der Waals surface area contributed by atoms with Gasteiger partial charge in [0, 0.05) is 33.2 Å². The summed E-state index contributed by atoms with van der Waals surface area (Å²) in [5.41, 5.74) is 0.916. The van der Waals surface area contributed by atoms with Crippen molar-refractivity contribution in [2.45, 2.75) is 59.2 Å². The summed E-state index contributed by atoms with van der Waals surface area (Å²) >= 11 is 0. The predicted octanol–water partition coefficient (Wildman–Crippen LogP) is 1.72. The molecule has 3 rings (SSSR count). The van der Waals surface area contributed by atoms with Crippen LogP contribution in [0.5, 0.6) is 0 Å². The van der Waals surface area contributed by atoms with Crippen LogP contribution in [0.3, 0.4) is 0 Å². The minimum Gasteiger partial charge on any atom is -0.357 e. The molecule has 0 aromatic carbocycles. The largest absolute Gasteiger partial charge is 0.357 e. The Kier molecular flexibility index (Phi) is 7.54. The highest BCUT2D eigenvalue weighted by molar-refractivity contribution is 5.97. The average molecular weight is 431 g/mol. The van der Waals surface area contributed by atoms with Crippen molar-refractivity contribution in [3.8, 4) is 0 Å². The number of hydrogen-bond acceptors (Lipinski definition) is 5. The summed E-state index contributed by atoms with van der Waals surface area (Å²) in [7, 11) is 3.64. The molecule has 0 bridgehead atoms. The molecule has 3 heterocycles. The topological polar surface area (TPSA) is 82.5 Å². The second-order valence-corrected chi connectivity index (χ2v) is 9.81. The first-order valence-electron chi connectivity index (χ1n) is 11.4. The van der Waals surface area contributed by atoms with Crippen LogP contribution in [0.2, 0.25) is 0 Å². The molecule has 1 saturated heterocycles. The molecular weight excluding hydrogens is 392 g/mol. The molecule has 0 aliphatic carbocycles. The maximum atomic E-state index is 13.2. The summed E-state index contributed by atoms with van der Waals surface area (Å²) in [6, 6.07) is -0.637. The van der Waals surface area contributed by atoms with Crippen LogP contribution in [0.1, 0.15) is 62.0 Å². The fourth-order valence-corrected chi connectivity index (χ4v) is 4.30. The highest BCUT2D eigenvalue weighted by Gasteiger charge is 2.34. The zero-order chi connectivity index (χ0) is 22.6. The van der Waals surface area contributed by atoms with Gasteiger partial charge in [-0.2, -0.15) is 0 Å². The summed E-state index contributed by atoms with van der Waals surface area (Å²) in [4.78, 5) is 35.0. The van der Waals surface area contributed by atoms with Gasteiger partial charge in [0.15, 0.2) is 5.69 Å². The van der Waals surface area contributed by atoms with Crippen molar-refractivity contribution >= 4 is 17.9 Å². The molecule has 2 aliphatic heterocycles. The monoisotopic (exact) mass is 430 g/mol. The van der Waals surface area contributed by atoms with Gasteiger partial charge in [-0.05, 0) is 44.5 Å². The second-order valence-electron chi connectivity index (χ2n) is 9.81. The van der Waals surface area contributed by atoms with E-state index in [0.717, 1.165) is 44.2 Å². The molecule has 1 fully saturated rings. The highest BCUT2D eigenvalue weighted by Crippen LogP contribution is 2.23. The number of fused-ring (bicyclic) bond motifs is 1. The Balaban J connectivity index is 1.82. The van der Waals surface area contributed by atoms with Crippen LogP contribution >= 0.6 is 0 Å². The summed E-state index contributed by atoms with van der Waals surface area (Å²) < 4.78 is 2.15. The van der Waals surface area contributed by atoms with E-state index in [1.807, 2.05) is 33.9 Å². The predicted molar refractivity (Wildman–Crippen MR) is 123 cm³/mol. The van der Waals surface area contributed by atoms with Gasteiger partial charge in [0.2, 0.25) is 5.91 Å². The molecule has 2 aliphatic rings. The van der Waals surface area contributed by atoms with Crippen molar-refractivity contribution in [2.75, 3.05) is 40.3 Å². The molecule has 0 unspecified atom stereocenters. The molecule has 8 heteroatoms. The molecule has 2 N–H and O–H groups in total. The van der Waals surface area contributed by atoms with Gasteiger partial charge < -0.3 is 15.2 Å². The van der Waals surface area contributed by atoms with Crippen molar-refractivity contribution < 1.29 is 9.59 Å². The van der Waals surface area contributed by atoms with Crippen molar-refractivity contribution in [1.82, 2.24) is 30.0 Å². The number of carbonyl (C=O) groups is 2. The lowest BCUT2D eigenvalue weighted by Crippen LogP contribution is -2.53. The van der Waals surface area contributed by atoms with Gasteiger partial charge in [-0.25, -0.2) is 4.98 Å². The SMILES string of the molecule is CNC(=O)[C@@H](NC(=O)c1nc(/C=C/CN2CCCCC2)n2c1CN(C)CC2)C(C)(C)C. The zero-order valence-corrected chi connectivity index (χ0v) is 19.7. The molecule has 1 atom stereocenters. The minimum absolute atomic E-state index is 0.201. The first-order valence-corrected chi connectivity index (χ1v) is 11.4. The molecular formula is C23H38N6O2. The minimum atomic E-state index is -0.637. The Morgan fingerprint density at radius 2 is 1.84 bits per heavy atom. The van der Waals surface area contributed by atoms with Gasteiger partial charge in [-0.1, -0.05) is 33.3 Å². The fourth-order valence-electron chi connectivity index (χ4n) is 4.30. The average Bonchev–Trinajstić information content (AvgIpc) is 3.09. The lowest BCUT2D eigenvalue weighted by Gasteiger charge is -2.30. The third-order valence-corrected chi connectivity index (χ3v) is 6.17. The van der Waals surface area contributed by atoms with Crippen LogP contribution in [0.4, 0.5) is 0 Å². The lowest BCUT2D eigenvalue weighted by atomic mass is 9.86. The highest BCUT2D eigenvalue weighted by atomic mass is 16.2. The zero-order valence-electron chi connectivity index (χ0n) is 19.7. The number of nitrogens with zero attached hydrogens (tertiary/aromatic N) is 4. The molecule has 31 heavy (non-hydrogen) atoms. The van der Waals surface area contributed by atoms with E-state index in [1.165, 1.54) is 19.3 Å². The van der Waals surface area contributed by atoms with Crippen molar-refractivity contribution in [3.05, 3.63) is 23.3 Å². The summed E-state index contributed by atoms with van der Waals surface area (Å²) in [6.45, 7) is 11.4. The number of hydrogen-bond donors (Lipinski definition) is 2. The van der Waals surface area contributed by atoms with Crippen LogP contribution in [-0.2, 0) is 17.9 Å². The number of rotatable bonds is 6. The summed E-state index contributed by atoms with van der Waals surface area (Å²) in [6.07, 6.45) is 8.06. The van der Waals surface area contributed by atoms with Crippen LogP contribution in [0, 0.1) is 5.41 Å². The summed E-state index contributed by atoms with van der Waals surface area (Å²) in [5.74, 6) is 0.323. The Bertz CT molecular complexity index is 817. The van der Waals surface area contributed by atoms with Crippen LogP contribution < -0.4 is 10.6 Å². The number of likely N-dealkylation sites (N-methyl/N-ethyl adjacent to an activating group) is 2. The number of imidazole rings is 1. The number of aromatic nitrogens is 2.